The van der Waals surface area contributed by atoms with E-state index in [-0.39, 0.29) is 5.82 Å². The maximum atomic E-state index is 11.9. The van der Waals surface area contributed by atoms with E-state index < -0.39 is 11.6 Å². The lowest BCUT2D eigenvalue weighted by molar-refractivity contribution is 0.341. The average molecular weight is 289 g/mol. The number of hydrogen-bond acceptors (Lipinski definition) is 6. The second-order valence-electron chi connectivity index (χ2n) is 4.03. The number of para-hydroxylation sites is 1. The highest BCUT2D eigenvalue weighted by Crippen LogP contribution is 2.26. The lowest BCUT2D eigenvalue weighted by atomic mass is 10.3. The SMILES string of the molecule is CCOc1ccccc1N=Nn1c(C)nn(C(=N)N)c1=O. The number of nitrogens with two attached hydrogens (primary N) is 1. The van der Waals surface area contributed by atoms with Gasteiger partial charge in [-0.25, -0.2) is 4.79 Å². The van der Waals surface area contributed by atoms with Crippen LogP contribution in [-0.2, 0) is 0 Å². The monoisotopic (exact) mass is 289 g/mol. The lowest BCUT2D eigenvalue weighted by Crippen LogP contribution is -2.33. The van der Waals surface area contributed by atoms with Crippen LogP contribution in [0, 0.1) is 12.3 Å². The fraction of sp³-hybridized carbons (Fsp3) is 0.250. The number of ether oxygens (including phenoxy) is 1. The summed E-state index contributed by atoms with van der Waals surface area (Å²) < 4.78 is 7.11. The highest BCUT2D eigenvalue weighted by atomic mass is 16.5. The van der Waals surface area contributed by atoms with Crippen LogP contribution in [0.25, 0.3) is 0 Å². The first kappa shape index (κ1) is 14.4. The highest BCUT2D eigenvalue weighted by molar-refractivity contribution is 5.75. The molecule has 0 aliphatic rings. The number of aryl methyl sites for hydroxylation is 1. The van der Waals surface area contributed by atoms with E-state index in [4.69, 9.17) is 15.9 Å². The first-order valence-corrected chi connectivity index (χ1v) is 6.21. The van der Waals surface area contributed by atoms with Crippen LogP contribution in [0.1, 0.15) is 12.7 Å². The van der Waals surface area contributed by atoms with Gasteiger partial charge in [-0.1, -0.05) is 17.4 Å². The van der Waals surface area contributed by atoms with Crippen molar-refractivity contribution in [1.82, 2.24) is 14.5 Å². The smallest absolute Gasteiger partial charge is 0.375 e. The summed E-state index contributed by atoms with van der Waals surface area (Å²) in [5.41, 5.74) is 5.08. The van der Waals surface area contributed by atoms with Crippen LogP contribution in [0.5, 0.6) is 5.75 Å². The second kappa shape index (κ2) is 5.99. The number of nitrogen functional groups attached to an aromatic ring is 1. The van der Waals surface area contributed by atoms with Crippen molar-refractivity contribution in [2.75, 3.05) is 6.61 Å². The molecule has 1 heterocycles. The van der Waals surface area contributed by atoms with Crippen LogP contribution in [0.4, 0.5) is 5.69 Å². The molecule has 0 amide bonds. The van der Waals surface area contributed by atoms with Crippen LogP contribution >= 0.6 is 0 Å². The molecule has 0 atom stereocenters. The molecule has 0 fully saturated rings. The molecule has 21 heavy (non-hydrogen) atoms. The number of rotatable bonds is 4. The zero-order chi connectivity index (χ0) is 15.4. The predicted molar refractivity (Wildman–Crippen MR) is 76.1 cm³/mol. The number of nitrogens with zero attached hydrogens (tertiary/aromatic N) is 5. The van der Waals surface area contributed by atoms with Crippen molar-refractivity contribution in [1.29, 1.82) is 5.41 Å². The molecule has 1 aromatic heterocycles. The van der Waals surface area contributed by atoms with E-state index in [0.29, 0.717) is 18.0 Å². The molecule has 110 valence electrons. The van der Waals surface area contributed by atoms with Crippen molar-refractivity contribution < 1.29 is 4.74 Å². The molecule has 2 aromatic rings. The van der Waals surface area contributed by atoms with Crippen LogP contribution < -0.4 is 16.2 Å². The van der Waals surface area contributed by atoms with Crippen molar-refractivity contribution >= 4 is 11.6 Å². The Morgan fingerprint density at radius 3 is 2.81 bits per heavy atom. The molecule has 0 saturated heterocycles. The molecule has 0 aliphatic carbocycles. The third-order valence-corrected chi connectivity index (χ3v) is 2.55. The van der Waals surface area contributed by atoms with Gasteiger partial charge in [0.2, 0.25) is 5.96 Å². The van der Waals surface area contributed by atoms with Gasteiger partial charge in [-0.2, -0.15) is 0 Å². The Bertz CT molecular complexity index is 744. The topological polar surface area (TPSA) is 124 Å². The molecule has 1 aromatic carbocycles. The molecule has 0 spiro atoms. The van der Waals surface area contributed by atoms with E-state index in [0.717, 1.165) is 9.36 Å². The Labute approximate surface area is 120 Å². The first-order chi connectivity index (χ1) is 10.0. The Hall–Kier alpha value is -2.97. The van der Waals surface area contributed by atoms with E-state index >= 15 is 0 Å². The summed E-state index contributed by atoms with van der Waals surface area (Å²) in [5, 5.41) is 18.9. The van der Waals surface area contributed by atoms with E-state index in [1.165, 1.54) is 0 Å². The maximum absolute atomic E-state index is 11.9. The quantitative estimate of drug-likeness (QED) is 0.495. The lowest BCUT2D eigenvalue weighted by Gasteiger charge is -2.04. The number of benzene rings is 1. The number of nitrogens with one attached hydrogen (secondary N) is 1. The summed E-state index contributed by atoms with van der Waals surface area (Å²) in [5.74, 6) is 0.355. The van der Waals surface area contributed by atoms with Gasteiger partial charge in [-0.05, 0) is 26.0 Å². The fourth-order valence-corrected chi connectivity index (χ4v) is 1.63. The molecule has 9 nitrogen and oxygen atoms in total. The number of aromatic nitrogens is 3. The molecule has 2 rings (SSSR count). The summed E-state index contributed by atoms with van der Waals surface area (Å²) in [7, 11) is 0. The molecular weight excluding hydrogens is 274 g/mol. The van der Waals surface area contributed by atoms with Gasteiger partial charge in [0.25, 0.3) is 0 Å². The van der Waals surface area contributed by atoms with Crippen molar-refractivity contribution in [3.63, 3.8) is 0 Å². The minimum atomic E-state index is -0.655. The summed E-state index contributed by atoms with van der Waals surface area (Å²) >= 11 is 0. The van der Waals surface area contributed by atoms with E-state index in [1.54, 1.807) is 25.1 Å². The van der Waals surface area contributed by atoms with Gasteiger partial charge in [0, 0.05) is 0 Å². The summed E-state index contributed by atoms with van der Waals surface area (Å²) in [6.45, 7) is 3.92. The van der Waals surface area contributed by atoms with Crippen LogP contribution in [0.2, 0.25) is 0 Å². The standard InChI is InChI=1S/C12H15N7O2/c1-3-21-10-7-5-4-6-9(10)15-17-18-8(2)16-19(11(13)14)12(18)20/h4-7H,3H2,1-2H3,(H3,13,14). The molecule has 9 heteroatoms. The third-order valence-electron chi connectivity index (χ3n) is 2.55. The predicted octanol–water partition coefficient (Wildman–Crippen LogP) is 1.04. The van der Waals surface area contributed by atoms with Crippen LogP contribution in [0.15, 0.2) is 39.4 Å². The summed E-state index contributed by atoms with van der Waals surface area (Å²) in [6, 6.07) is 7.07. The molecule has 0 aliphatic heterocycles. The zero-order valence-corrected chi connectivity index (χ0v) is 11.6. The average Bonchev–Trinajstić information content (AvgIpc) is 2.74. The second-order valence-corrected chi connectivity index (χ2v) is 4.03. The van der Waals surface area contributed by atoms with Gasteiger partial charge in [0.15, 0.2) is 5.82 Å². The molecule has 0 saturated carbocycles. The normalized spacial score (nSPS) is 11.0. The van der Waals surface area contributed by atoms with Gasteiger partial charge in [-0.3, -0.25) is 5.41 Å². The molecule has 0 unspecified atom stereocenters. The van der Waals surface area contributed by atoms with Gasteiger partial charge in [-0.15, -0.1) is 19.6 Å². The minimum Gasteiger partial charge on any atom is -0.492 e. The third kappa shape index (κ3) is 2.96. The van der Waals surface area contributed by atoms with E-state index in [1.807, 2.05) is 13.0 Å². The molecular formula is C12H15N7O2. The van der Waals surface area contributed by atoms with Crippen LogP contribution in [0.3, 0.4) is 0 Å². The Balaban J connectivity index is 2.39. The molecule has 3 N–H and O–H groups in total. The largest absolute Gasteiger partial charge is 0.492 e. The van der Waals surface area contributed by atoms with E-state index in [2.05, 4.69) is 15.4 Å². The maximum Gasteiger partial charge on any atom is 0.375 e. The van der Waals surface area contributed by atoms with Crippen molar-refractivity contribution in [3.05, 3.63) is 40.6 Å². The highest BCUT2D eigenvalue weighted by Gasteiger charge is 2.11. The van der Waals surface area contributed by atoms with Crippen LogP contribution in [-0.4, -0.2) is 27.0 Å². The van der Waals surface area contributed by atoms with Crippen molar-refractivity contribution in [2.24, 2.45) is 16.1 Å². The number of hydrogen-bond donors (Lipinski definition) is 2. The zero-order valence-electron chi connectivity index (χ0n) is 11.6. The Kier molecular flexibility index (Phi) is 4.12. The van der Waals surface area contributed by atoms with Crippen molar-refractivity contribution in [2.45, 2.75) is 13.8 Å². The van der Waals surface area contributed by atoms with E-state index in [9.17, 15) is 4.79 Å². The first-order valence-electron chi connectivity index (χ1n) is 6.21. The van der Waals surface area contributed by atoms with Crippen molar-refractivity contribution in [3.8, 4) is 5.75 Å². The van der Waals surface area contributed by atoms with Gasteiger partial charge in [0.1, 0.15) is 11.4 Å². The Morgan fingerprint density at radius 1 is 1.48 bits per heavy atom. The minimum absolute atomic E-state index is 0.271. The molecule has 0 radical (unpaired) electrons. The fourth-order valence-electron chi connectivity index (χ4n) is 1.63. The summed E-state index contributed by atoms with van der Waals surface area (Å²) in [4.78, 5) is 11.9. The summed E-state index contributed by atoms with van der Waals surface area (Å²) in [6.07, 6.45) is 0. The Morgan fingerprint density at radius 2 is 2.19 bits per heavy atom. The molecule has 0 bridgehead atoms. The van der Waals surface area contributed by atoms with Gasteiger partial charge < -0.3 is 10.5 Å². The van der Waals surface area contributed by atoms with Gasteiger partial charge in [0.05, 0.1) is 6.61 Å². The van der Waals surface area contributed by atoms with Gasteiger partial charge >= 0.3 is 5.69 Å².